The fraction of sp³-hybridized carbons (Fsp3) is 1.00. The van der Waals surface area contributed by atoms with Crippen LogP contribution in [0.5, 0.6) is 0 Å². The minimum Gasteiger partial charge on any atom is -0.748 e. The monoisotopic (exact) mass is 244 g/mol. The average Bonchev–Trinajstić information content (AvgIpc) is 2.09. The molecule has 0 saturated heterocycles. The second-order valence-corrected chi connectivity index (χ2v) is 5.65. The topological polar surface area (TPSA) is 57.2 Å². The molecule has 0 radical (unpaired) electrons. The fourth-order valence-corrected chi connectivity index (χ4v) is 1.81. The van der Waals surface area contributed by atoms with Crippen molar-refractivity contribution < 1.29 is 42.5 Å². The van der Waals surface area contributed by atoms with Crippen molar-refractivity contribution in [3.8, 4) is 0 Å². The van der Waals surface area contributed by atoms with Crippen LogP contribution < -0.4 is 29.6 Å². The van der Waals surface area contributed by atoms with Crippen LogP contribution in [0.3, 0.4) is 0 Å². The second kappa shape index (κ2) is 10.1. The fourth-order valence-electron chi connectivity index (χ4n) is 1.36. The van der Waals surface area contributed by atoms with Crippen molar-refractivity contribution in [1.82, 2.24) is 0 Å². The van der Waals surface area contributed by atoms with E-state index < -0.39 is 15.4 Å². The Kier molecular flexibility index (Phi) is 12.3. The number of hydrogen-bond donors (Lipinski definition) is 0. The van der Waals surface area contributed by atoms with Crippen molar-refractivity contribution in [3.05, 3.63) is 0 Å². The molecule has 0 aromatic carbocycles. The van der Waals surface area contributed by atoms with Gasteiger partial charge in [-0.3, -0.25) is 0 Å². The van der Waals surface area contributed by atoms with Gasteiger partial charge in [-0.25, -0.2) is 8.42 Å². The molecule has 5 heteroatoms. The molecule has 0 aliphatic heterocycles. The van der Waals surface area contributed by atoms with E-state index in [4.69, 9.17) is 0 Å². The van der Waals surface area contributed by atoms with Gasteiger partial charge in [0.05, 0.1) is 10.1 Å². The largest absolute Gasteiger partial charge is 1.00 e. The zero-order valence-electron chi connectivity index (χ0n) is 10.2. The summed E-state index contributed by atoms with van der Waals surface area (Å²) in [6.45, 7) is 3.65. The van der Waals surface area contributed by atoms with E-state index in [0.29, 0.717) is 6.42 Å². The van der Waals surface area contributed by atoms with Gasteiger partial charge in [0.15, 0.2) is 0 Å². The smallest absolute Gasteiger partial charge is 0.748 e. The summed E-state index contributed by atoms with van der Waals surface area (Å²) in [5.41, 5.74) is 0. The van der Waals surface area contributed by atoms with E-state index in [1.807, 2.05) is 0 Å². The first-order chi connectivity index (χ1) is 6.48. The zero-order valence-corrected chi connectivity index (χ0v) is 13.0. The molecule has 0 rings (SSSR count). The van der Waals surface area contributed by atoms with Crippen molar-refractivity contribution in [3.63, 3.8) is 0 Å². The van der Waals surface area contributed by atoms with Gasteiger partial charge in [0.2, 0.25) is 0 Å². The second-order valence-electron chi connectivity index (χ2n) is 3.86. The molecule has 0 aliphatic carbocycles. The van der Waals surface area contributed by atoms with E-state index >= 15 is 0 Å². The molecule has 0 spiro atoms. The molecule has 0 aliphatic rings. The average molecular weight is 244 g/mol. The Balaban J connectivity index is 0. The number of rotatable bonds is 8. The van der Waals surface area contributed by atoms with E-state index in [1.165, 1.54) is 26.2 Å². The van der Waals surface area contributed by atoms with Crippen LogP contribution in [0.15, 0.2) is 0 Å². The molecular weight excluding hydrogens is 223 g/mol. The van der Waals surface area contributed by atoms with Crippen LogP contribution in [0, 0.1) is 0 Å². The van der Waals surface area contributed by atoms with Gasteiger partial charge in [0.25, 0.3) is 0 Å². The molecule has 86 valence electrons. The van der Waals surface area contributed by atoms with E-state index in [9.17, 15) is 13.0 Å². The minimum absolute atomic E-state index is 0. The molecule has 3 nitrogen and oxygen atoms in total. The van der Waals surface area contributed by atoms with Crippen molar-refractivity contribution in [2.24, 2.45) is 0 Å². The van der Waals surface area contributed by atoms with Crippen LogP contribution >= 0.6 is 0 Å². The molecule has 0 aromatic rings. The summed E-state index contributed by atoms with van der Waals surface area (Å²) < 4.78 is 31.6. The zero-order chi connectivity index (χ0) is 11.0. The first kappa shape index (κ1) is 18.3. The quantitative estimate of drug-likeness (QED) is 0.334. The molecule has 0 amide bonds. The van der Waals surface area contributed by atoms with Gasteiger partial charge in [-0.15, -0.1) is 0 Å². The molecule has 0 bridgehead atoms. The third-order valence-electron chi connectivity index (χ3n) is 2.46. The van der Waals surface area contributed by atoms with Crippen LogP contribution in [0.4, 0.5) is 0 Å². The van der Waals surface area contributed by atoms with Crippen molar-refractivity contribution in [2.75, 3.05) is 0 Å². The summed E-state index contributed by atoms with van der Waals surface area (Å²) in [6, 6.07) is 0. The Morgan fingerprint density at radius 2 is 1.53 bits per heavy atom. The maximum atomic E-state index is 10.5. The predicted octanol–water partition coefficient (Wildman–Crippen LogP) is -0.325. The van der Waals surface area contributed by atoms with Crippen molar-refractivity contribution >= 4 is 10.1 Å². The normalized spacial score (nSPS) is 13.3. The Labute approximate surface area is 116 Å². The number of unbranched alkanes of at least 4 members (excludes halogenated alkanes) is 5. The first-order valence-corrected chi connectivity index (χ1v) is 6.90. The van der Waals surface area contributed by atoms with Crippen LogP contribution in [0.25, 0.3) is 0 Å². The molecule has 0 fully saturated rings. The Hall–Kier alpha value is 0.910. The van der Waals surface area contributed by atoms with Crippen LogP contribution in [0.1, 0.15) is 58.8 Å². The van der Waals surface area contributed by atoms with Crippen molar-refractivity contribution in [1.29, 1.82) is 0 Å². The molecular formula is C10H21NaO3S. The van der Waals surface area contributed by atoms with Gasteiger partial charge in [-0.1, -0.05) is 45.4 Å². The molecule has 0 aromatic heterocycles. The Morgan fingerprint density at radius 3 is 2.00 bits per heavy atom. The summed E-state index contributed by atoms with van der Waals surface area (Å²) in [5, 5.41) is -0.714. The van der Waals surface area contributed by atoms with Gasteiger partial charge in [-0.05, 0) is 13.3 Å². The van der Waals surface area contributed by atoms with Crippen molar-refractivity contribution in [2.45, 2.75) is 64.0 Å². The van der Waals surface area contributed by atoms with E-state index in [-0.39, 0.29) is 29.6 Å². The minimum atomic E-state index is -4.05. The Morgan fingerprint density at radius 1 is 1.07 bits per heavy atom. The SMILES string of the molecule is CCCCCCCCC(C)S(=O)(=O)[O-].[Na+]. The molecule has 0 saturated carbocycles. The van der Waals surface area contributed by atoms with Crippen LogP contribution in [0.2, 0.25) is 0 Å². The summed E-state index contributed by atoms with van der Waals surface area (Å²) in [7, 11) is -4.05. The summed E-state index contributed by atoms with van der Waals surface area (Å²) >= 11 is 0. The van der Waals surface area contributed by atoms with E-state index in [1.54, 1.807) is 0 Å². The summed E-state index contributed by atoms with van der Waals surface area (Å²) in [4.78, 5) is 0. The van der Waals surface area contributed by atoms with Gasteiger partial charge in [-0.2, -0.15) is 0 Å². The predicted molar refractivity (Wildman–Crippen MR) is 57.2 cm³/mol. The first-order valence-electron chi connectivity index (χ1n) is 5.43. The molecule has 15 heavy (non-hydrogen) atoms. The molecule has 0 heterocycles. The molecule has 1 atom stereocenters. The van der Waals surface area contributed by atoms with Gasteiger partial charge in [0.1, 0.15) is 0 Å². The molecule has 1 unspecified atom stereocenters. The summed E-state index contributed by atoms with van der Waals surface area (Å²) in [5.74, 6) is 0. The number of hydrogen-bond acceptors (Lipinski definition) is 3. The van der Waals surface area contributed by atoms with E-state index in [0.717, 1.165) is 19.3 Å². The third-order valence-corrected chi connectivity index (χ3v) is 3.68. The van der Waals surface area contributed by atoms with Gasteiger partial charge >= 0.3 is 29.6 Å². The van der Waals surface area contributed by atoms with Crippen LogP contribution in [-0.4, -0.2) is 18.2 Å². The molecule has 0 N–H and O–H groups in total. The Bertz CT molecular complexity index is 227. The van der Waals surface area contributed by atoms with Gasteiger partial charge in [0, 0.05) is 5.25 Å². The van der Waals surface area contributed by atoms with Gasteiger partial charge < -0.3 is 4.55 Å². The van der Waals surface area contributed by atoms with E-state index in [2.05, 4.69) is 6.92 Å². The standard InChI is InChI=1S/C10H22O3S.Na/c1-3-4-5-6-7-8-9-10(2)14(11,12)13;/h10H,3-9H2,1-2H3,(H,11,12,13);/q;+1/p-1. The third kappa shape index (κ3) is 11.2. The summed E-state index contributed by atoms with van der Waals surface area (Å²) in [6.07, 6.45) is 7.24. The maximum absolute atomic E-state index is 10.5. The van der Waals surface area contributed by atoms with Crippen LogP contribution in [-0.2, 0) is 10.1 Å². The maximum Gasteiger partial charge on any atom is 1.00 e.